The second-order valence-electron chi connectivity index (χ2n) is 8.68. The summed E-state index contributed by atoms with van der Waals surface area (Å²) >= 11 is 1.53. The van der Waals surface area contributed by atoms with Crippen molar-refractivity contribution >= 4 is 40.2 Å². The quantitative estimate of drug-likeness (QED) is 0.746. The fourth-order valence-corrected chi connectivity index (χ4v) is 5.22. The van der Waals surface area contributed by atoms with Crippen LogP contribution in [0.15, 0.2) is 30.5 Å². The molecule has 1 aromatic heterocycles. The summed E-state index contributed by atoms with van der Waals surface area (Å²) in [7, 11) is 0. The first-order valence-electron chi connectivity index (χ1n) is 10.7. The van der Waals surface area contributed by atoms with Crippen LogP contribution in [-0.4, -0.2) is 65.7 Å². The van der Waals surface area contributed by atoms with Crippen LogP contribution < -0.4 is 10.2 Å². The van der Waals surface area contributed by atoms with E-state index in [0.717, 1.165) is 31.6 Å². The lowest BCUT2D eigenvalue weighted by Crippen LogP contribution is -2.42. The molecule has 2 fully saturated rings. The van der Waals surface area contributed by atoms with Gasteiger partial charge in [-0.05, 0) is 42.5 Å². The number of alkyl halides is 1. The number of benzene rings is 1. The van der Waals surface area contributed by atoms with Crippen LogP contribution in [0.1, 0.15) is 30.1 Å². The number of anilines is 1. The summed E-state index contributed by atoms with van der Waals surface area (Å²) in [6.07, 6.45) is 3.14. The fourth-order valence-electron chi connectivity index (χ4n) is 4.12. The van der Waals surface area contributed by atoms with Gasteiger partial charge in [-0.3, -0.25) is 19.0 Å². The Morgan fingerprint density at radius 2 is 2.12 bits per heavy atom. The Balaban J connectivity index is 1.49. The number of piperidine rings is 1. The first-order valence-corrected chi connectivity index (χ1v) is 11.8. The number of carbonyl (C=O) groups excluding carboxylic acids is 2. The standard InChI is InChI=1S/C23H26FN5O2S/c1-23(14-24)5-8-28(9-6-23)16-2-3-20-19(10-16)18(4-7-26-20)22(31)27-12-21(30)29-15-32-13-17(29)11-25/h2-4,7,10,17H,5-6,8-9,12-15H2,1H3,(H,27,31). The van der Waals surface area contributed by atoms with E-state index in [2.05, 4.69) is 21.3 Å². The Hall–Kier alpha value is -2.86. The van der Waals surface area contributed by atoms with Gasteiger partial charge in [0, 0.05) is 36.1 Å². The molecule has 168 valence electrons. The second kappa shape index (κ2) is 9.33. The molecule has 0 spiro atoms. The smallest absolute Gasteiger partial charge is 0.252 e. The number of rotatable bonds is 5. The lowest BCUT2D eigenvalue weighted by atomic mass is 9.81. The monoisotopic (exact) mass is 455 g/mol. The summed E-state index contributed by atoms with van der Waals surface area (Å²) in [5.74, 6) is 0.436. The Kier molecular flexibility index (Phi) is 6.51. The van der Waals surface area contributed by atoms with E-state index in [1.165, 1.54) is 16.7 Å². The van der Waals surface area contributed by atoms with Crippen LogP contribution >= 0.6 is 11.8 Å². The van der Waals surface area contributed by atoms with Crippen molar-refractivity contribution in [2.45, 2.75) is 25.8 Å². The van der Waals surface area contributed by atoms with Crippen molar-refractivity contribution in [1.29, 1.82) is 5.26 Å². The van der Waals surface area contributed by atoms with Crippen molar-refractivity contribution in [2.24, 2.45) is 5.41 Å². The van der Waals surface area contributed by atoms with Gasteiger partial charge < -0.3 is 15.1 Å². The largest absolute Gasteiger partial charge is 0.371 e. The third-order valence-electron chi connectivity index (χ3n) is 6.38. The van der Waals surface area contributed by atoms with Crippen LogP contribution in [0.3, 0.4) is 0 Å². The van der Waals surface area contributed by atoms with E-state index in [1.54, 1.807) is 12.3 Å². The van der Waals surface area contributed by atoms with E-state index in [1.807, 2.05) is 25.1 Å². The number of amides is 2. The number of thioether (sulfide) groups is 1. The molecule has 2 aliphatic rings. The highest BCUT2D eigenvalue weighted by molar-refractivity contribution is 7.99. The fraction of sp³-hybridized carbons (Fsp3) is 0.478. The molecule has 32 heavy (non-hydrogen) atoms. The average Bonchev–Trinajstić information content (AvgIpc) is 3.31. The van der Waals surface area contributed by atoms with Gasteiger partial charge in [0.15, 0.2) is 0 Å². The van der Waals surface area contributed by atoms with Crippen molar-refractivity contribution in [3.8, 4) is 6.07 Å². The number of pyridine rings is 1. The van der Waals surface area contributed by atoms with Gasteiger partial charge >= 0.3 is 0 Å². The van der Waals surface area contributed by atoms with E-state index >= 15 is 0 Å². The van der Waals surface area contributed by atoms with Crippen molar-refractivity contribution < 1.29 is 14.0 Å². The van der Waals surface area contributed by atoms with Gasteiger partial charge in [0.25, 0.3) is 5.91 Å². The number of hydrogen-bond donors (Lipinski definition) is 1. The molecule has 1 aromatic carbocycles. The van der Waals surface area contributed by atoms with Gasteiger partial charge in [-0.1, -0.05) is 6.92 Å². The summed E-state index contributed by atoms with van der Waals surface area (Å²) in [6.45, 7) is 3.04. The maximum atomic E-state index is 13.3. The minimum atomic E-state index is -0.447. The Bertz CT molecular complexity index is 1060. The normalized spacial score (nSPS) is 20.2. The predicted octanol–water partition coefficient (Wildman–Crippen LogP) is 2.97. The number of nitrogens with one attached hydrogen (secondary N) is 1. The van der Waals surface area contributed by atoms with E-state index in [-0.39, 0.29) is 30.4 Å². The van der Waals surface area contributed by atoms with Crippen LogP contribution in [0.5, 0.6) is 0 Å². The van der Waals surface area contributed by atoms with E-state index < -0.39 is 6.04 Å². The topological polar surface area (TPSA) is 89.3 Å². The van der Waals surface area contributed by atoms with E-state index in [9.17, 15) is 14.0 Å². The number of hydrogen-bond acceptors (Lipinski definition) is 6. The third kappa shape index (κ3) is 4.51. The number of fused-ring (bicyclic) bond motifs is 1. The van der Waals surface area contributed by atoms with Gasteiger partial charge in [-0.2, -0.15) is 5.26 Å². The SMILES string of the molecule is CC1(CF)CCN(c2ccc3nccc(C(=O)NCC(=O)N4CSCC4C#N)c3c2)CC1. The lowest BCUT2D eigenvalue weighted by Gasteiger charge is -2.39. The van der Waals surface area contributed by atoms with Gasteiger partial charge in [-0.15, -0.1) is 11.8 Å². The highest BCUT2D eigenvalue weighted by Gasteiger charge is 2.31. The minimum Gasteiger partial charge on any atom is -0.371 e. The predicted molar refractivity (Wildman–Crippen MR) is 123 cm³/mol. The summed E-state index contributed by atoms with van der Waals surface area (Å²) in [5.41, 5.74) is 1.86. The molecule has 9 heteroatoms. The number of halogens is 1. The molecule has 1 N–H and O–H groups in total. The average molecular weight is 456 g/mol. The van der Waals surface area contributed by atoms with E-state index in [4.69, 9.17) is 5.26 Å². The Morgan fingerprint density at radius 1 is 1.34 bits per heavy atom. The maximum absolute atomic E-state index is 13.3. The molecule has 2 aromatic rings. The molecule has 0 aliphatic carbocycles. The molecule has 0 radical (unpaired) electrons. The highest BCUT2D eigenvalue weighted by atomic mass is 32.2. The molecule has 2 saturated heterocycles. The Labute approximate surface area is 191 Å². The summed E-state index contributed by atoms with van der Waals surface area (Å²) in [6, 6.07) is 9.13. The molecule has 3 heterocycles. The molecule has 2 aliphatic heterocycles. The van der Waals surface area contributed by atoms with Gasteiger partial charge in [0.1, 0.15) is 6.04 Å². The number of carbonyl (C=O) groups is 2. The molecule has 4 rings (SSSR count). The second-order valence-corrected chi connectivity index (χ2v) is 9.68. The molecule has 1 unspecified atom stereocenters. The zero-order valence-corrected chi connectivity index (χ0v) is 18.8. The van der Waals surface area contributed by atoms with Crippen LogP contribution in [0.4, 0.5) is 10.1 Å². The zero-order chi connectivity index (χ0) is 22.7. The van der Waals surface area contributed by atoms with Crippen molar-refractivity contribution in [3.63, 3.8) is 0 Å². The van der Waals surface area contributed by atoms with Crippen molar-refractivity contribution in [3.05, 3.63) is 36.0 Å². The number of nitrogens with zero attached hydrogens (tertiary/aromatic N) is 4. The molecule has 2 amide bonds. The zero-order valence-electron chi connectivity index (χ0n) is 18.0. The first-order chi connectivity index (χ1) is 15.4. The molecule has 0 bridgehead atoms. The Morgan fingerprint density at radius 3 is 2.84 bits per heavy atom. The van der Waals surface area contributed by atoms with Gasteiger partial charge in [0.05, 0.1) is 36.2 Å². The van der Waals surface area contributed by atoms with Crippen LogP contribution in [0.2, 0.25) is 0 Å². The molecule has 0 saturated carbocycles. The maximum Gasteiger partial charge on any atom is 0.252 e. The molecular weight excluding hydrogens is 429 g/mol. The van der Waals surface area contributed by atoms with Crippen LogP contribution in [0.25, 0.3) is 10.9 Å². The van der Waals surface area contributed by atoms with Gasteiger partial charge in [-0.25, -0.2) is 0 Å². The highest BCUT2D eigenvalue weighted by Crippen LogP contribution is 2.34. The van der Waals surface area contributed by atoms with E-state index in [0.29, 0.717) is 28.1 Å². The summed E-state index contributed by atoms with van der Waals surface area (Å²) in [5, 5.41) is 12.6. The van der Waals surface area contributed by atoms with Gasteiger partial charge in [0.2, 0.25) is 5.91 Å². The summed E-state index contributed by atoms with van der Waals surface area (Å²) in [4.78, 5) is 33.4. The molecule has 1 atom stereocenters. The van der Waals surface area contributed by atoms with Crippen LogP contribution in [-0.2, 0) is 4.79 Å². The third-order valence-corrected chi connectivity index (χ3v) is 7.39. The van der Waals surface area contributed by atoms with Crippen molar-refractivity contribution in [2.75, 3.05) is 42.8 Å². The molecule has 7 nitrogen and oxygen atoms in total. The molecular formula is C23H26FN5O2S. The first kappa shape index (κ1) is 22.3. The minimum absolute atomic E-state index is 0.158. The van der Waals surface area contributed by atoms with Crippen molar-refractivity contribution in [1.82, 2.24) is 15.2 Å². The lowest BCUT2D eigenvalue weighted by molar-refractivity contribution is -0.129. The summed E-state index contributed by atoms with van der Waals surface area (Å²) < 4.78 is 13.3. The number of nitriles is 1. The van der Waals surface area contributed by atoms with Crippen LogP contribution in [0, 0.1) is 16.7 Å². The number of aromatic nitrogens is 1.